The van der Waals surface area contributed by atoms with Crippen LogP contribution < -0.4 is 15.4 Å². The summed E-state index contributed by atoms with van der Waals surface area (Å²) in [5.74, 6) is 1.65. The van der Waals surface area contributed by atoms with Gasteiger partial charge in [0.1, 0.15) is 11.8 Å². The van der Waals surface area contributed by atoms with Gasteiger partial charge in [0.25, 0.3) is 5.91 Å². The lowest BCUT2D eigenvalue weighted by Gasteiger charge is -2.28. The lowest BCUT2D eigenvalue weighted by molar-refractivity contribution is -0.113. The number of amides is 1. The molecule has 4 aromatic rings. The molecule has 0 fully saturated rings. The summed E-state index contributed by atoms with van der Waals surface area (Å²) >= 11 is 0. The molecule has 5 rings (SSSR count). The molecule has 0 saturated carbocycles. The molecule has 0 aliphatic carbocycles. The first-order valence-corrected chi connectivity index (χ1v) is 10.5. The monoisotopic (exact) mass is 438 g/mol. The Morgan fingerprint density at radius 1 is 1.06 bits per heavy atom. The first-order chi connectivity index (χ1) is 16.1. The zero-order chi connectivity index (χ0) is 22.8. The number of nitrogens with one attached hydrogen (secondary N) is 2. The van der Waals surface area contributed by atoms with Crippen molar-refractivity contribution in [1.29, 1.82) is 0 Å². The predicted molar refractivity (Wildman–Crippen MR) is 126 cm³/mol. The maximum atomic E-state index is 13.4. The summed E-state index contributed by atoms with van der Waals surface area (Å²) < 4.78 is 6.99. The Kier molecular flexibility index (Phi) is 5.32. The van der Waals surface area contributed by atoms with Crippen LogP contribution in [0, 0.1) is 0 Å². The average Bonchev–Trinajstić information content (AvgIpc) is 3.28. The number of hydrogen-bond acceptors (Lipinski definition) is 6. The number of allylic oxidation sites excluding steroid dienone is 1. The summed E-state index contributed by atoms with van der Waals surface area (Å²) in [4.78, 5) is 22.4. The smallest absolute Gasteiger partial charge is 0.255 e. The van der Waals surface area contributed by atoms with E-state index in [0.717, 1.165) is 22.6 Å². The second-order valence-electron chi connectivity index (χ2n) is 7.60. The van der Waals surface area contributed by atoms with E-state index in [1.807, 2.05) is 73.7 Å². The largest absolute Gasteiger partial charge is 0.497 e. The van der Waals surface area contributed by atoms with E-state index >= 15 is 0 Å². The summed E-state index contributed by atoms with van der Waals surface area (Å²) in [5, 5.41) is 11.0. The van der Waals surface area contributed by atoms with Crippen molar-refractivity contribution in [3.63, 3.8) is 0 Å². The number of aromatic nitrogens is 4. The Morgan fingerprint density at radius 2 is 1.85 bits per heavy atom. The average molecular weight is 438 g/mol. The fraction of sp³-hybridized carbons (Fsp3) is 0.120. The van der Waals surface area contributed by atoms with Gasteiger partial charge in [-0.2, -0.15) is 4.98 Å². The number of hydrogen-bond donors (Lipinski definition) is 2. The predicted octanol–water partition coefficient (Wildman–Crippen LogP) is 4.28. The number of rotatable bonds is 5. The topological polar surface area (TPSA) is 94.0 Å². The number of carbonyl (C=O) groups is 1. The van der Waals surface area contributed by atoms with E-state index in [1.165, 1.54) is 0 Å². The van der Waals surface area contributed by atoms with Gasteiger partial charge in [0, 0.05) is 29.3 Å². The van der Waals surface area contributed by atoms with E-state index in [9.17, 15) is 4.79 Å². The number of carbonyl (C=O) groups excluding carboxylic acids is 1. The highest BCUT2D eigenvalue weighted by Crippen LogP contribution is 2.36. The standard InChI is InChI=1S/C25H22N6O2/c1-16-21(24(32)28-19-8-4-3-5-9-19)22(18-7-6-14-26-15-18)31-25(27-16)29-23(30-31)17-10-12-20(33-2)13-11-17/h3-15,22H,1-2H3,(H,28,32)(H,27,29,30). The summed E-state index contributed by atoms with van der Waals surface area (Å²) in [7, 11) is 1.63. The van der Waals surface area contributed by atoms with Crippen LogP contribution >= 0.6 is 0 Å². The molecule has 1 atom stereocenters. The van der Waals surface area contributed by atoms with Crippen LogP contribution in [0.5, 0.6) is 5.75 Å². The molecule has 3 heterocycles. The van der Waals surface area contributed by atoms with Gasteiger partial charge in [-0.25, -0.2) is 4.68 Å². The van der Waals surface area contributed by atoms with Crippen molar-refractivity contribution in [1.82, 2.24) is 19.7 Å². The van der Waals surface area contributed by atoms with E-state index < -0.39 is 6.04 Å². The highest BCUT2D eigenvalue weighted by Gasteiger charge is 2.34. The molecule has 8 nitrogen and oxygen atoms in total. The molecular formula is C25H22N6O2. The number of benzene rings is 2. The molecule has 33 heavy (non-hydrogen) atoms. The van der Waals surface area contributed by atoms with Crippen LogP contribution in [0.1, 0.15) is 18.5 Å². The Morgan fingerprint density at radius 3 is 2.55 bits per heavy atom. The van der Waals surface area contributed by atoms with Crippen LogP contribution in [-0.2, 0) is 4.79 Å². The minimum Gasteiger partial charge on any atom is -0.497 e. The number of anilines is 2. The van der Waals surface area contributed by atoms with E-state index in [0.29, 0.717) is 23.0 Å². The summed E-state index contributed by atoms with van der Waals surface area (Å²) in [6, 6.07) is 20.2. The molecule has 0 bridgehead atoms. The third-order valence-electron chi connectivity index (χ3n) is 5.48. The van der Waals surface area contributed by atoms with Crippen molar-refractivity contribution in [3.05, 3.63) is 96.0 Å². The lowest BCUT2D eigenvalue weighted by atomic mass is 9.96. The van der Waals surface area contributed by atoms with Gasteiger partial charge < -0.3 is 15.4 Å². The molecule has 2 aromatic heterocycles. The van der Waals surface area contributed by atoms with E-state index in [1.54, 1.807) is 24.2 Å². The molecule has 8 heteroatoms. The fourth-order valence-corrected chi connectivity index (χ4v) is 3.87. The minimum atomic E-state index is -0.488. The van der Waals surface area contributed by atoms with Crippen LogP contribution in [-0.4, -0.2) is 32.8 Å². The van der Waals surface area contributed by atoms with Gasteiger partial charge in [0.2, 0.25) is 5.95 Å². The maximum absolute atomic E-state index is 13.4. The molecular weight excluding hydrogens is 416 g/mol. The number of fused-ring (bicyclic) bond motifs is 1. The Labute approximate surface area is 191 Å². The van der Waals surface area contributed by atoms with Crippen LogP contribution in [0.15, 0.2) is 90.4 Å². The van der Waals surface area contributed by atoms with Crippen molar-refractivity contribution in [2.45, 2.75) is 13.0 Å². The van der Waals surface area contributed by atoms with Crippen molar-refractivity contribution < 1.29 is 9.53 Å². The Bertz CT molecular complexity index is 1310. The van der Waals surface area contributed by atoms with E-state index in [-0.39, 0.29) is 5.91 Å². The van der Waals surface area contributed by atoms with Crippen molar-refractivity contribution in [3.8, 4) is 17.1 Å². The zero-order valence-electron chi connectivity index (χ0n) is 18.2. The Balaban J connectivity index is 1.57. The van der Waals surface area contributed by atoms with Crippen LogP contribution in [0.2, 0.25) is 0 Å². The van der Waals surface area contributed by atoms with Crippen molar-refractivity contribution >= 4 is 17.5 Å². The first kappa shape index (κ1) is 20.4. The van der Waals surface area contributed by atoms with Crippen LogP contribution in [0.25, 0.3) is 11.4 Å². The van der Waals surface area contributed by atoms with Gasteiger partial charge in [0.15, 0.2) is 5.82 Å². The maximum Gasteiger partial charge on any atom is 0.255 e. The lowest BCUT2D eigenvalue weighted by Crippen LogP contribution is -2.31. The van der Waals surface area contributed by atoms with Gasteiger partial charge in [0.05, 0.1) is 12.7 Å². The second-order valence-corrected chi connectivity index (χ2v) is 7.60. The van der Waals surface area contributed by atoms with Crippen molar-refractivity contribution in [2.24, 2.45) is 0 Å². The number of methoxy groups -OCH3 is 1. The summed E-state index contributed by atoms with van der Waals surface area (Å²) in [5.41, 5.74) is 3.65. The highest BCUT2D eigenvalue weighted by molar-refractivity contribution is 6.06. The number of ether oxygens (including phenoxy) is 1. The third kappa shape index (κ3) is 3.94. The number of nitrogens with zero attached hydrogens (tertiary/aromatic N) is 4. The first-order valence-electron chi connectivity index (χ1n) is 10.5. The van der Waals surface area contributed by atoms with Gasteiger partial charge >= 0.3 is 0 Å². The molecule has 0 radical (unpaired) electrons. The minimum absolute atomic E-state index is 0.216. The molecule has 2 aromatic carbocycles. The van der Waals surface area contributed by atoms with Gasteiger partial charge in [-0.1, -0.05) is 24.3 Å². The number of para-hydroxylation sites is 1. The molecule has 0 spiro atoms. The fourth-order valence-electron chi connectivity index (χ4n) is 3.87. The van der Waals surface area contributed by atoms with Crippen LogP contribution in [0.3, 0.4) is 0 Å². The molecule has 0 saturated heterocycles. The van der Waals surface area contributed by atoms with E-state index in [2.05, 4.69) is 15.6 Å². The zero-order valence-corrected chi connectivity index (χ0v) is 18.2. The molecule has 1 unspecified atom stereocenters. The van der Waals surface area contributed by atoms with Gasteiger partial charge in [-0.05, 0) is 55.0 Å². The molecule has 2 N–H and O–H groups in total. The summed E-state index contributed by atoms with van der Waals surface area (Å²) in [6.45, 7) is 1.87. The number of pyridine rings is 1. The van der Waals surface area contributed by atoms with E-state index in [4.69, 9.17) is 14.8 Å². The van der Waals surface area contributed by atoms with Crippen molar-refractivity contribution in [2.75, 3.05) is 17.7 Å². The van der Waals surface area contributed by atoms with Gasteiger partial charge in [-0.3, -0.25) is 9.78 Å². The molecule has 1 aliphatic rings. The molecule has 1 aliphatic heterocycles. The van der Waals surface area contributed by atoms with Gasteiger partial charge in [-0.15, -0.1) is 5.10 Å². The SMILES string of the molecule is COc1ccc(-c2nc3n(n2)C(c2cccnc2)C(C(=O)Nc2ccccc2)=C(C)N3)cc1. The van der Waals surface area contributed by atoms with Crippen LogP contribution in [0.4, 0.5) is 11.6 Å². The quantitative estimate of drug-likeness (QED) is 0.483. The second kappa shape index (κ2) is 8.58. The molecule has 164 valence electrons. The Hall–Kier alpha value is -4.46. The third-order valence-corrected chi connectivity index (χ3v) is 5.48. The normalized spacial score (nSPS) is 14.9. The molecule has 1 amide bonds. The summed E-state index contributed by atoms with van der Waals surface area (Å²) in [6.07, 6.45) is 3.45. The highest BCUT2D eigenvalue weighted by atomic mass is 16.5.